The van der Waals surface area contributed by atoms with Crippen molar-refractivity contribution >= 4 is 22.9 Å². The summed E-state index contributed by atoms with van der Waals surface area (Å²) in [7, 11) is 0. The minimum Gasteiger partial charge on any atom is -0.207 e. The summed E-state index contributed by atoms with van der Waals surface area (Å²) in [5.74, 6) is -1.08. The minimum absolute atomic E-state index is 0.0497. The molecule has 0 radical (unpaired) electrons. The van der Waals surface area contributed by atoms with Crippen LogP contribution in [-0.2, 0) is 6.42 Å². The van der Waals surface area contributed by atoms with Gasteiger partial charge in [0.05, 0.1) is 5.38 Å². The summed E-state index contributed by atoms with van der Waals surface area (Å²) in [4.78, 5) is 0. The average Bonchev–Trinajstić information content (AvgIpc) is 2.76. The molecule has 0 bridgehead atoms. The van der Waals surface area contributed by atoms with Crippen LogP contribution >= 0.6 is 22.9 Å². The van der Waals surface area contributed by atoms with Gasteiger partial charge in [0.25, 0.3) is 0 Å². The molecule has 0 aliphatic heterocycles. The van der Waals surface area contributed by atoms with Crippen LogP contribution in [0.5, 0.6) is 0 Å². The first-order valence-electron chi connectivity index (χ1n) is 4.77. The smallest absolute Gasteiger partial charge is 0.129 e. The van der Waals surface area contributed by atoms with Crippen molar-refractivity contribution < 1.29 is 8.78 Å². The molecule has 2 aromatic rings. The lowest BCUT2D eigenvalue weighted by Gasteiger charge is -2.09. The van der Waals surface area contributed by atoms with Crippen molar-refractivity contribution in [1.29, 1.82) is 0 Å². The Morgan fingerprint density at radius 1 is 1.19 bits per heavy atom. The molecule has 2 rings (SSSR count). The van der Waals surface area contributed by atoms with Crippen molar-refractivity contribution in [3.05, 3.63) is 57.8 Å². The monoisotopic (exact) mass is 258 g/mol. The van der Waals surface area contributed by atoms with E-state index >= 15 is 0 Å². The first-order chi connectivity index (χ1) is 7.68. The summed E-state index contributed by atoms with van der Waals surface area (Å²) in [6, 6.07) is 5.70. The van der Waals surface area contributed by atoms with Gasteiger partial charge in [-0.2, -0.15) is 11.3 Å². The highest BCUT2D eigenvalue weighted by Crippen LogP contribution is 2.28. The number of hydrogen-bond acceptors (Lipinski definition) is 1. The molecule has 0 aliphatic carbocycles. The average molecular weight is 259 g/mol. The van der Waals surface area contributed by atoms with Crippen molar-refractivity contribution in [3.8, 4) is 0 Å². The van der Waals surface area contributed by atoms with Crippen LogP contribution < -0.4 is 0 Å². The molecule has 84 valence electrons. The third kappa shape index (κ3) is 2.42. The Kier molecular flexibility index (Phi) is 3.56. The molecule has 0 nitrogen and oxygen atoms in total. The van der Waals surface area contributed by atoms with Gasteiger partial charge in [-0.05, 0) is 40.9 Å². The minimum atomic E-state index is -0.541. The highest BCUT2D eigenvalue weighted by molar-refractivity contribution is 7.08. The second kappa shape index (κ2) is 4.93. The maximum Gasteiger partial charge on any atom is 0.129 e. The van der Waals surface area contributed by atoms with Crippen LogP contribution in [0.1, 0.15) is 16.5 Å². The fourth-order valence-electron chi connectivity index (χ4n) is 1.48. The topological polar surface area (TPSA) is 0 Å². The van der Waals surface area contributed by atoms with Crippen molar-refractivity contribution in [2.45, 2.75) is 11.8 Å². The quantitative estimate of drug-likeness (QED) is 0.709. The molecule has 4 heteroatoms. The Bertz CT molecular complexity index is 448. The molecule has 0 aliphatic rings. The van der Waals surface area contributed by atoms with E-state index in [2.05, 4.69) is 0 Å². The molecule has 1 aromatic heterocycles. The van der Waals surface area contributed by atoms with Crippen LogP contribution in [0.2, 0.25) is 0 Å². The summed E-state index contributed by atoms with van der Waals surface area (Å²) in [6.07, 6.45) is 0.163. The van der Waals surface area contributed by atoms with E-state index in [1.807, 2.05) is 16.8 Å². The lowest BCUT2D eigenvalue weighted by Crippen LogP contribution is -2.00. The van der Waals surface area contributed by atoms with Gasteiger partial charge >= 0.3 is 0 Å². The van der Waals surface area contributed by atoms with Gasteiger partial charge in [-0.3, -0.25) is 0 Å². The van der Waals surface area contributed by atoms with E-state index in [1.54, 1.807) is 0 Å². The van der Waals surface area contributed by atoms with Crippen LogP contribution in [0.4, 0.5) is 8.78 Å². The largest absolute Gasteiger partial charge is 0.207 e. The van der Waals surface area contributed by atoms with Crippen molar-refractivity contribution in [1.82, 2.24) is 0 Å². The molecule has 16 heavy (non-hydrogen) atoms. The Labute approximate surface area is 101 Å². The van der Waals surface area contributed by atoms with E-state index < -0.39 is 17.0 Å². The van der Waals surface area contributed by atoms with Crippen LogP contribution in [-0.4, -0.2) is 0 Å². The number of alkyl halides is 1. The zero-order valence-electron chi connectivity index (χ0n) is 8.29. The fraction of sp³-hybridized carbons (Fsp3) is 0.167. The van der Waals surface area contributed by atoms with Crippen LogP contribution in [0.25, 0.3) is 0 Å². The van der Waals surface area contributed by atoms with Gasteiger partial charge < -0.3 is 0 Å². The van der Waals surface area contributed by atoms with Gasteiger partial charge in [0, 0.05) is 5.56 Å². The summed E-state index contributed by atoms with van der Waals surface area (Å²) < 4.78 is 26.7. The summed E-state index contributed by atoms with van der Waals surface area (Å²) in [5, 5.41) is 3.39. The third-order valence-electron chi connectivity index (χ3n) is 2.35. The zero-order chi connectivity index (χ0) is 11.5. The second-order valence-electron chi connectivity index (χ2n) is 3.43. The SMILES string of the molecule is Fc1cccc(F)c1CC(Cl)c1ccsc1. The van der Waals surface area contributed by atoms with E-state index in [9.17, 15) is 8.78 Å². The number of hydrogen-bond donors (Lipinski definition) is 0. The summed E-state index contributed by atoms with van der Waals surface area (Å²) in [5.41, 5.74) is 0.947. The molecule has 1 unspecified atom stereocenters. The third-order valence-corrected chi connectivity index (χ3v) is 3.46. The molecule has 0 amide bonds. The molecular formula is C12H9ClF2S. The summed E-state index contributed by atoms with van der Waals surface area (Å²) in [6.45, 7) is 0. The number of thiophene rings is 1. The Morgan fingerprint density at radius 3 is 2.44 bits per heavy atom. The van der Waals surface area contributed by atoms with Crippen LogP contribution in [0.3, 0.4) is 0 Å². The zero-order valence-corrected chi connectivity index (χ0v) is 9.86. The summed E-state index contributed by atoms with van der Waals surface area (Å²) >= 11 is 7.61. The van der Waals surface area contributed by atoms with Gasteiger partial charge in [-0.25, -0.2) is 8.78 Å². The Hall–Kier alpha value is -0.930. The molecule has 1 aromatic carbocycles. The fourth-order valence-corrected chi connectivity index (χ4v) is 2.56. The number of rotatable bonds is 3. The lowest BCUT2D eigenvalue weighted by atomic mass is 10.1. The van der Waals surface area contributed by atoms with E-state index in [-0.39, 0.29) is 12.0 Å². The maximum atomic E-state index is 13.4. The number of benzene rings is 1. The maximum absolute atomic E-state index is 13.4. The Morgan fingerprint density at radius 2 is 1.88 bits per heavy atom. The molecule has 0 fully saturated rings. The first-order valence-corrected chi connectivity index (χ1v) is 6.15. The van der Waals surface area contributed by atoms with Gasteiger partial charge in [0.1, 0.15) is 11.6 Å². The van der Waals surface area contributed by atoms with Crippen molar-refractivity contribution in [3.63, 3.8) is 0 Å². The predicted octanol–water partition coefficient (Wildman–Crippen LogP) is 4.55. The molecule has 1 atom stereocenters. The van der Waals surface area contributed by atoms with Gasteiger partial charge in [-0.15, -0.1) is 11.6 Å². The van der Waals surface area contributed by atoms with Gasteiger partial charge in [-0.1, -0.05) is 6.07 Å². The molecule has 0 saturated heterocycles. The molecule has 0 spiro atoms. The second-order valence-corrected chi connectivity index (χ2v) is 4.74. The Balaban J connectivity index is 2.21. The highest BCUT2D eigenvalue weighted by atomic mass is 35.5. The molecular weight excluding hydrogens is 250 g/mol. The standard InChI is InChI=1S/C12H9ClF2S/c13-10(8-4-5-16-7-8)6-9-11(14)2-1-3-12(9)15/h1-5,7,10H,6H2. The van der Waals surface area contributed by atoms with Gasteiger partial charge in [0.15, 0.2) is 0 Å². The van der Waals surface area contributed by atoms with Crippen LogP contribution in [0.15, 0.2) is 35.0 Å². The first kappa shape index (κ1) is 11.6. The highest BCUT2D eigenvalue weighted by Gasteiger charge is 2.15. The van der Waals surface area contributed by atoms with Crippen LogP contribution in [0, 0.1) is 11.6 Å². The predicted molar refractivity (Wildman–Crippen MR) is 63.0 cm³/mol. The number of halogens is 3. The van der Waals surface area contributed by atoms with E-state index in [4.69, 9.17) is 11.6 Å². The van der Waals surface area contributed by atoms with E-state index in [1.165, 1.54) is 29.5 Å². The molecule has 1 heterocycles. The molecule has 0 saturated carbocycles. The van der Waals surface area contributed by atoms with Crippen molar-refractivity contribution in [2.24, 2.45) is 0 Å². The lowest BCUT2D eigenvalue weighted by molar-refractivity contribution is 0.553. The normalized spacial score (nSPS) is 12.7. The van der Waals surface area contributed by atoms with Gasteiger partial charge in [0.2, 0.25) is 0 Å². The van der Waals surface area contributed by atoms with E-state index in [0.29, 0.717) is 0 Å². The molecule has 0 N–H and O–H groups in total. The van der Waals surface area contributed by atoms with E-state index in [0.717, 1.165) is 5.56 Å². The van der Waals surface area contributed by atoms with Crippen molar-refractivity contribution in [2.75, 3.05) is 0 Å².